The van der Waals surface area contributed by atoms with E-state index in [1.807, 2.05) is 39.0 Å². The Morgan fingerprint density at radius 2 is 2.00 bits per heavy atom. The number of benzene rings is 1. The smallest absolute Gasteiger partial charge is 0.193 e. The van der Waals surface area contributed by atoms with Gasteiger partial charge in [-0.3, -0.25) is 0 Å². The van der Waals surface area contributed by atoms with Crippen LogP contribution in [0.3, 0.4) is 0 Å². The molecule has 0 aliphatic heterocycles. The van der Waals surface area contributed by atoms with Crippen LogP contribution in [0.2, 0.25) is 0 Å². The second kappa shape index (κ2) is 8.54. The van der Waals surface area contributed by atoms with E-state index in [-0.39, 0.29) is 0 Å². The van der Waals surface area contributed by atoms with E-state index >= 15 is 0 Å². The number of nitrogens with zero attached hydrogens (tertiary/aromatic N) is 2. The number of hydrogen-bond acceptors (Lipinski definition) is 5. The molecule has 2 aromatic rings. The maximum absolute atomic E-state index is 6.01. The quantitative estimate of drug-likeness (QED) is 0.591. The molecule has 2 rings (SSSR count). The molecule has 0 unspecified atom stereocenters. The highest BCUT2D eigenvalue weighted by molar-refractivity contribution is 7.11. The average Bonchev–Trinajstić information content (AvgIpc) is 2.87. The number of thiazole rings is 1. The molecule has 3 N–H and O–H groups in total. The van der Waals surface area contributed by atoms with E-state index in [0.29, 0.717) is 31.5 Å². The molecule has 0 spiro atoms. The first-order valence-electron chi connectivity index (χ1n) is 7.93. The zero-order chi connectivity index (χ0) is 17.5. The van der Waals surface area contributed by atoms with Crippen molar-refractivity contribution in [3.63, 3.8) is 0 Å². The lowest BCUT2D eigenvalue weighted by atomic mass is 10.2. The van der Waals surface area contributed by atoms with E-state index in [1.165, 1.54) is 4.88 Å². The second-order valence-electron chi connectivity index (χ2n) is 5.10. The van der Waals surface area contributed by atoms with Crippen molar-refractivity contribution in [2.45, 2.75) is 34.2 Å². The van der Waals surface area contributed by atoms with Crippen LogP contribution in [0, 0.1) is 13.8 Å². The molecule has 0 saturated carbocycles. The number of rotatable bonds is 7. The van der Waals surface area contributed by atoms with Crippen LogP contribution < -0.4 is 20.5 Å². The van der Waals surface area contributed by atoms with E-state index in [1.54, 1.807) is 11.3 Å². The van der Waals surface area contributed by atoms with Crippen LogP contribution in [0.25, 0.3) is 0 Å². The lowest BCUT2D eigenvalue weighted by Crippen LogP contribution is -2.23. The van der Waals surface area contributed by atoms with Crippen LogP contribution >= 0.6 is 11.3 Å². The van der Waals surface area contributed by atoms with Crippen LogP contribution in [0.4, 0.5) is 5.69 Å². The monoisotopic (exact) mass is 348 g/mol. The fourth-order valence-corrected chi connectivity index (χ4v) is 2.94. The van der Waals surface area contributed by atoms with Crippen molar-refractivity contribution in [1.29, 1.82) is 0 Å². The lowest BCUT2D eigenvalue weighted by molar-refractivity contribution is 0.332. The average molecular weight is 348 g/mol. The number of guanidine groups is 1. The molecule has 1 heterocycles. The summed E-state index contributed by atoms with van der Waals surface area (Å²) in [7, 11) is 0. The van der Waals surface area contributed by atoms with Gasteiger partial charge in [-0.1, -0.05) is 0 Å². The van der Waals surface area contributed by atoms with Crippen molar-refractivity contribution in [3.05, 3.63) is 33.8 Å². The minimum absolute atomic E-state index is 0.315. The van der Waals surface area contributed by atoms with E-state index in [2.05, 4.69) is 22.2 Å². The molecule has 130 valence electrons. The first-order valence-corrected chi connectivity index (χ1v) is 8.74. The number of nitrogens with one attached hydrogen (secondary N) is 1. The maximum Gasteiger partial charge on any atom is 0.193 e. The summed E-state index contributed by atoms with van der Waals surface area (Å²) in [6.07, 6.45) is 0. The van der Waals surface area contributed by atoms with E-state index in [0.717, 1.165) is 22.1 Å². The normalized spacial score (nSPS) is 11.4. The van der Waals surface area contributed by atoms with Crippen molar-refractivity contribution < 1.29 is 9.47 Å². The summed E-state index contributed by atoms with van der Waals surface area (Å²) >= 11 is 1.64. The Kier molecular flexibility index (Phi) is 6.43. The van der Waals surface area contributed by atoms with Crippen molar-refractivity contribution in [2.24, 2.45) is 10.7 Å². The van der Waals surface area contributed by atoms with Gasteiger partial charge in [-0.25, -0.2) is 9.98 Å². The van der Waals surface area contributed by atoms with Gasteiger partial charge < -0.3 is 20.5 Å². The second-order valence-corrected chi connectivity index (χ2v) is 6.39. The van der Waals surface area contributed by atoms with Gasteiger partial charge >= 0.3 is 0 Å². The number of anilines is 1. The third kappa shape index (κ3) is 4.86. The Labute approximate surface area is 146 Å². The molecule has 24 heavy (non-hydrogen) atoms. The standard InChI is InChI=1S/C17H24N4O2S/c1-5-22-13-7-8-15(23-6-2)14(9-13)21-17(18)19-10-16-20-11(3)12(4)24-16/h7-9H,5-6,10H2,1-4H3,(H3,18,19,21). The number of ether oxygens (including phenoxy) is 2. The summed E-state index contributed by atoms with van der Waals surface area (Å²) in [5, 5.41) is 4.03. The predicted octanol–water partition coefficient (Wildman–Crippen LogP) is 3.48. The summed E-state index contributed by atoms with van der Waals surface area (Å²) in [6.45, 7) is 9.54. The number of hydrogen-bond donors (Lipinski definition) is 2. The maximum atomic E-state index is 6.01. The van der Waals surface area contributed by atoms with Gasteiger partial charge in [-0.05, 0) is 39.8 Å². The molecular formula is C17H24N4O2S. The number of aryl methyl sites for hydroxylation is 2. The fourth-order valence-electron chi connectivity index (χ4n) is 2.08. The van der Waals surface area contributed by atoms with Crippen molar-refractivity contribution >= 4 is 23.0 Å². The zero-order valence-corrected chi connectivity index (χ0v) is 15.4. The van der Waals surface area contributed by atoms with E-state index in [4.69, 9.17) is 15.2 Å². The predicted molar refractivity (Wildman–Crippen MR) is 99.3 cm³/mol. The van der Waals surface area contributed by atoms with Crippen LogP contribution in [0.1, 0.15) is 29.4 Å². The van der Waals surface area contributed by atoms with Gasteiger partial charge in [-0.2, -0.15) is 0 Å². The molecule has 0 fully saturated rings. The topological polar surface area (TPSA) is 81.8 Å². The Morgan fingerprint density at radius 3 is 2.62 bits per heavy atom. The first-order chi connectivity index (χ1) is 11.5. The molecule has 0 radical (unpaired) electrons. The molecule has 6 nitrogen and oxygen atoms in total. The summed E-state index contributed by atoms with van der Waals surface area (Å²) < 4.78 is 11.1. The van der Waals surface area contributed by atoms with Crippen LogP contribution in [0.5, 0.6) is 11.5 Å². The van der Waals surface area contributed by atoms with Gasteiger partial charge in [0.15, 0.2) is 5.96 Å². The Morgan fingerprint density at radius 1 is 1.25 bits per heavy atom. The molecule has 1 aromatic carbocycles. The van der Waals surface area contributed by atoms with Gasteiger partial charge in [0.05, 0.1) is 31.1 Å². The highest BCUT2D eigenvalue weighted by Gasteiger charge is 2.08. The summed E-state index contributed by atoms with van der Waals surface area (Å²) in [4.78, 5) is 10.0. The molecule has 0 bridgehead atoms. The molecule has 0 aliphatic rings. The highest BCUT2D eigenvalue weighted by atomic mass is 32.1. The molecule has 1 aromatic heterocycles. The molecule has 0 atom stereocenters. The Bertz CT molecular complexity index is 693. The van der Waals surface area contributed by atoms with Crippen molar-refractivity contribution in [1.82, 2.24) is 4.98 Å². The van der Waals surface area contributed by atoms with Crippen molar-refractivity contribution in [3.8, 4) is 11.5 Å². The number of aromatic nitrogens is 1. The summed E-state index contributed by atoms with van der Waals surface area (Å²) in [5.74, 6) is 1.78. The molecular weight excluding hydrogens is 324 g/mol. The van der Waals surface area contributed by atoms with Gasteiger partial charge in [0.2, 0.25) is 0 Å². The minimum atomic E-state index is 0.315. The van der Waals surface area contributed by atoms with Crippen molar-refractivity contribution in [2.75, 3.05) is 18.5 Å². The lowest BCUT2D eigenvalue weighted by Gasteiger charge is -2.13. The van der Waals surface area contributed by atoms with Gasteiger partial charge in [-0.15, -0.1) is 11.3 Å². The molecule has 7 heteroatoms. The zero-order valence-electron chi connectivity index (χ0n) is 14.5. The SMILES string of the molecule is CCOc1ccc(OCC)c(NC(N)=NCc2nc(C)c(C)s2)c1. The summed E-state index contributed by atoms with van der Waals surface area (Å²) in [6, 6.07) is 5.58. The Hall–Kier alpha value is -2.28. The largest absolute Gasteiger partial charge is 0.494 e. The molecule has 0 amide bonds. The van der Waals surface area contributed by atoms with E-state index in [9.17, 15) is 0 Å². The third-order valence-corrected chi connectivity index (χ3v) is 4.34. The van der Waals surface area contributed by atoms with Crippen LogP contribution in [0.15, 0.2) is 23.2 Å². The third-order valence-electron chi connectivity index (χ3n) is 3.28. The molecule has 0 saturated heterocycles. The Balaban J connectivity index is 2.11. The van der Waals surface area contributed by atoms with E-state index < -0.39 is 0 Å². The minimum Gasteiger partial charge on any atom is -0.494 e. The first kappa shape index (κ1) is 18.1. The highest BCUT2D eigenvalue weighted by Crippen LogP contribution is 2.29. The van der Waals surface area contributed by atoms with Crippen LogP contribution in [-0.4, -0.2) is 24.2 Å². The summed E-state index contributed by atoms with van der Waals surface area (Å²) in [5.41, 5.74) is 7.78. The number of aliphatic imine (C=N–C) groups is 1. The van der Waals surface area contributed by atoms with Gasteiger partial charge in [0.25, 0.3) is 0 Å². The molecule has 0 aliphatic carbocycles. The van der Waals surface area contributed by atoms with Gasteiger partial charge in [0, 0.05) is 10.9 Å². The fraction of sp³-hybridized carbons (Fsp3) is 0.412. The number of nitrogens with two attached hydrogens (primary N) is 1. The van der Waals surface area contributed by atoms with Crippen LogP contribution in [-0.2, 0) is 6.54 Å². The van der Waals surface area contributed by atoms with Gasteiger partial charge in [0.1, 0.15) is 16.5 Å².